The third-order valence-electron chi connectivity index (χ3n) is 5.77. The summed E-state index contributed by atoms with van der Waals surface area (Å²) in [4.78, 5) is 22.9. The van der Waals surface area contributed by atoms with Crippen LogP contribution < -0.4 is 0 Å². The molecule has 0 aliphatic rings. The van der Waals surface area contributed by atoms with Crippen molar-refractivity contribution in [2.45, 2.75) is 49.3 Å². The Morgan fingerprint density at radius 3 is 2.36 bits per heavy atom. The molecule has 2 aromatic carbocycles. The summed E-state index contributed by atoms with van der Waals surface area (Å²) in [6.45, 7) is 4.75. The van der Waals surface area contributed by atoms with E-state index in [9.17, 15) is 23.1 Å². The van der Waals surface area contributed by atoms with Crippen molar-refractivity contribution >= 4 is 30.1 Å². The third-order valence-corrected chi connectivity index (χ3v) is 6.96. The molecule has 0 bridgehead atoms. The number of alkyl halides is 3. The molecule has 0 aliphatic carbocycles. The van der Waals surface area contributed by atoms with Gasteiger partial charge in [0.2, 0.25) is 0 Å². The molecule has 0 unspecified atom stereocenters. The molecule has 2 aromatic heterocycles. The predicted octanol–water partition coefficient (Wildman–Crippen LogP) is 7.33. The average Bonchev–Trinajstić information content (AvgIpc) is 3.38. The highest BCUT2D eigenvalue weighted by molar-refractivity contribution is 8.01. The van der Waals surface area contributed by atoms with Gasteiger partial charge < -0.3 is 9.52 Å². The van der Waals surface area contributed by atoms with Gasteiger partial charge in [-0.15, -0.1) is 24.2 Å². The Labute approximate surface area is 234 Å². The zero-order valence-corrected chi connectivity index (χ0v) is 22.8. The van der Waals surface area contributed by atoms with Crippen LogP contribution in [0.2, 0.25) is 0 Å². The minimum Gasteiger partial charge on any atom is -0.480 e. The lowest BCUT2D eigenvalue weighted by Gasteiger charge is -2.22. The number of carbonyl (C=O) groups is 1. The molecule has 0 radical (unpaired) electrons. The maximum Gasteiger partial charge on any atom is 0.416 e. The average molecular weight is 578 g/mol. The Morgan fingerprint density at radius 2 is 1.72 bits per heavy atom. The predicted molar refractivity (Wildman–Crippen MR) is 145 cm³/mol. The van der Waals surface area contributed by atoms with Gasteiger partial charge in [-0.2, -0.15) is 13.2 Å². The molecule has 0 amide bonds. The lowest BCUT2D eigenvalue weighted by Crippen LogP contribution is -2.26. The van der Waals surface area contributed by atoms with Crippen molar-refractivity contribution < 1.29 is 27.5 Å². The van der Waals surface area contributed by atoms with Crippen LogP contribution in [0.3, 0.4) is 0 Å². The molecule has 4 rings (SSSR count). The standard InChI is InChI=1S/C28H26F3N3O3S.ClH/c1-27(2,26(35)36)38-24-10-8-19(9-11-24)15-34(17-23-7-4-12-37-23)16-22-14-25(33-18-32-22)20-5-3-6-21(13-20)28(29,30)31;/h3-14,18H,15-17H2,1-2H3,(H,35,36);1H. The van der Waals surface area contributed by atoms with Crippen LogP contribution in [0, 0.1) is 0 Å². The maximum atomic E-state index is 13.2. The maximum absolute atomic E-state index is 13.2. The van der Waals surface area contributed by atoms with E-state index in [1.54, 1.807) is 38.3 Å². The van der Waals surface area contributed by atoms with E-state index in [1.165, 1.54) is 24.2 Å². The summed E-state index contributed by atoms with van der Waals surface area (Å²) in [5, 5.41) is 9.38. The monoisotopic (exact) mass is 577 g/mol. The molecule has 0 spiro atoms. The molecule has 2 heterocycles. The third kappa shape index (κ3) is 8.32. The zero-order chi connectivity index (χ0) is 27.3. The quantitative estimate of drug-likeness (QED) is 0.198. The molecular formula is C28H27ClF3N3O3S. The number of carboxylic acid groups (broad SMARTS) is 1. The summed E-state index contributed by atoms with van der Waals surface area (Å²) < 4.78 is 44.2. The van der Waals surface area contributed by atoms with Crippen molar-refractivity contribution in [1.29, 1.82) is 0 Å². The molecule has 39 heavy (non-hydrogen) atoms. The molecule has 0 fully saturated rings. The number of thioether (sulfide) groups is 1. The van der Waals surface area contributed by atoms with Gasteiger partial charge in [0, 0.05) is 23.5 Å². The largest absolute Gasteiger partial charge is 0.480 e. The fraction of sp³-hybridized carbons (Fsp3) is 0.250. The summed E-state index contributed by atoms with van der Waals surface area (Å²) in [5.41, 5.74) is 1.68. The summed E-state index contributed by atoms with van der Waals surface area (Å²) in [5.74, 6) is -0.127. The molecule has 11 heteroatoms. The Hall–Kier alpha value is -3.34. The normalized spacial score (nSPS) is 11.8. The van der Waals surface area contributed by atoms with Crippen LogP contribution in [0.15, 0.2) is 88.6 Å². The number of hydrogen-bond donors (Lipinski definition) is 1. The van der Waals surface area contributed by atoms with Crippen LogP contribution in [0.4, 0.5) is 13.2 Å². The van der Waals surface area contributed by atoms with Crippen molar-refractivity contribution in [3.63, 3.8) is 0 Å². The fourth-order valence-electron chi connectivity index (χ4n) is 3.78. The van der Waals surface area contributed by atoms with Gasteiger partial charge in [-0.3, -0.25) is 9.69 Å². The summed E-state index contributed by atoms with van der Waals surface area (Å²) in [7, 11) is 0. The van der Waals surface area contributed by atoms with Crippen LogP contribution in [0.5, 0.6) is 0 Å². The minimum atomic E-state index is -4.44. The number of aromatic nitrogens is 2. The topological polar surface area (TPSA) is 79.5 Å². The highest BCUT2D eigenvalue weighted by Gasteiger charge is 2.30. The van der Waals surface area contributed by atoms with Crippen molar-refractivity contribution in [3.8, 4) is 11.3 Å². The molecule has 0 aliphatic heterocycles. The zero-order valence-electron chi connectivity index (χ0n) is 21.2. The molecule has 0 atom stereocenters. The highest BCUT2D eigenvalue weighted by atomic mass is 35.5. The number of benzene rings is 2. The molecular weight excluding hydrogens is 551 g/mol. The highest BCUT2D eigenvalue weighted by Crippen LogP contribution is 2.33. The number of furan rings is 1. The van der Waals surface area contributed by atoms with Gasteiger partial charge >= 0.3 is 12.1 Å². The number of aliphatic carboxylic acids is 1. The molecule has 6 nitrogen and oxygen atoms in total. The number of nitrogens with zero attached hydrogens (tertiary/aromatic N) is 3. The fourth-order valence-corrected chi connectivity index (χ4v) is 4.72. The van der Waals surface area contributed by atoms with E-state index in [-0.39, 0.29) is 12.4 Å². The molecule has 0 saturated carbocycles. The van der Waals surface area contributed by atoms with Crippen LogP contribution in [-0.4, -0.2) is 30.7 Å². The Morgan fingerprint density at radius 1 is 0.974 bits per heavy atom. The molecule has 1 N–H and O–H groups in total. The van der Waals surface area contributed by atoms with E-state index in [0.29, 0.717) is 36.6 Å². The van der Waals surface area contributed by atoms with Crippen molar-refractivity contribution in [1.82, 2.24) is 14.9 Å². The molecule has 206 valence electrons. The Kier molecular flexibility index (Phi) is 9.82. The van der Waals surface area contributed by atoms with Crippen LogP contribution in [0.1, 0.15) is 36.4 Å². The van der Waals surface area contributed by atoms with E-state index < -0.39 is 22.5 Å². The lowest BCUT2D eigenvalue weighted by atomic mass is 10.1. The second-order valence-corrected chi connectivity index (χ2v) is 11.0. The first-order valence-electron chi connectivity index (χ1n) is 11.7. The van der Waals surface area contributed by atoms with Gasteiger partial charge in [0.25, 0.3) is 0 Å². The second-order valence-electron chi connectivity index (χ2n) is 9.26. The lowest BCUT2D eigenvalue weighted by molar-refractivity contribution is -0.139. The SMILES string of the molecule is CC(C)(Sc1ccc(CN(Cc2cc(-c3cccc(C(F)(F)F)c3)ncn2)Cc2ccco2)cc1)C(=O)O.Cl. The first-order chi connectivity index (χ1) is 18.0. The second kappa shape index (κ2) is 12.7. The van der Waals surface area contributed by atoms with Gasteiger partial charge in [0.05, 0.1) is 29.8 Å². The number of carboxylic acids is 1. The van der Waals surface area contributed by atoms with E-state index in [1.807, 2.05) is 30.3 Å². The van der Waals surface area contributed by atoms with Crippen LogP contribution in [0.25, 0.3) is 11.3 Å². The van der Waals surface area contributed by atoms with Crippen molar-refractivity contribution in [2.75, 3.05) is 0 Å². The van der Waals surface area contributed by atoms with Crippen LogP contribution >= 0.6 is 24.2 Å². The number of hydrogen-bond acceptors (Lipinski definition) is 6. The van der Waals surface area contributed by atoms with Crippen molar-refractivity contribution in [3.05, 3.63) is 102 Å². The van der Waals surface area contributed by atoms with Crippen LogP contribution in [-0.2, 0) is 30.6 Å². The van der Waals surface area contributed by atoms with Gasteiger partial charge in [0.15, 0.2) is 0 Å². The first-order valence-corrected chi connectivity index (χ1v) is 12.6. The van der Waals surface area contributed by atoms with E-state index in [0.717, 1.165) is 28.4 Å². The summed E-state index contributed by atoms with van der Waals surface area (Å²) in [6, 6.07) is 18.1. The number of halogens is 4. The smallest absolute Gasteiger partial charge is 0.416 e. The van der Waals surface area contributed by atoms with E-state index >= 15 is 0 Å². The summed E-state index contributed by atoms with van der Waals surface area (Å²) in [6.07, 6.45) is -1.49. The van der Waals surface area contributed by atoms with Gasteiger partial charge in [-0.05, 0) is 61.9 Å². The first kappa shape index (κ1) is 30.2. The van der Waals surface area contributed by atoms with E-state index in [2.05, 4.69) is 14.9 Å². The molecule has 0 saturated heterocycles. The van der Waals surface area contributed by atoms with Gasteiger partial charge in [0.1, 0.15) is 16.8 Å². The minimum absolute atomic E-state index is 0. The van der Waals surface area contributed by atoms with Gasteiger partial charge in [-0.1, -0.05) is 24.3 Å². The molecule has 4 aromatic rings. The van der Waals surface area contributed by atoms with E-state index in [4.69, 9.17) is 4.42 Å². The van der Waals surface area contributed by atoms with Crippen molar-refractivity contribution in [2.24, 2.45) is 0 Å². The number of rotatable bonds is 10. The summed E-state index contributed by atoms with van der Waals surface area (Å²) >= 11 is 1.27. The van der Waals surface area contributed by atoms with Gasteiger partial charge in [-0.25, -0.2) is 9.97 Å². The Bertz CT molecular complexity index is 1380. The Balaban J connectivity index is 0.00000420.